The quantitative estimate of drug-likeness (QED) is 0.805. The van der Waals surface area contributed by atoms with Gasteiger partial charge in [0.15, 0.2) is 0 Å². The Morgan fingerprint density at radius 2 is 2.31 bits per heavy atom. The van der Waals surface area contributed by atoms with Gasteiger partial charge in [-0.05, 0) is 6.07 Å². The van der Waals surface area contributed by atoms with E-state index in [2.05, 4.69) is 20.9 Å². The number of hydrogen-bond donors (Lipinski definition) is 0. The van der Waals surface area contributed by atoms with E-state index in [-0.39, 0.29) is 17.7 Å². The van der Waals surface area contributed by atoms with Gasteiger partial charge in [-0.15, -0.1) is 0 Å². The van der Waals surface area contributed by atoms with Crippen LogP contribution in [0, 0.1) is 11.3 Å². The lowest BCUT2D eigenvalue weighted by atomic mass is 10.1. The van der Waals surface area contributed by atoms with Gasteiger partial charge in [0.25, 0.3) is 6.43 Å². The van der Waals surface area contributed by atoms with Crippen LogP contribution in [0.15, 0.2) is 16.7 Å². The van der Waals surface area contributed by atoms with E-state index in [0.29, 0.717) is 4.47 Å². The van der Waals surface area contributed by atoms with Crippen LogP contribution in [0.4, 0.5) is 8.78 Å². The predicted octanol–water partition coefficient (Wildman–Crippen LogP) is 2.85. The molecule has 2 nitrogen and oxygen atoms in total. The Morgan fingerprint density at radius 3 is 2.85 bits per heavy atom. The first-order valence-corrected chi connectivity index (χ1v) is 4.24. The van der Waals surface area contributed by atoms with Gasteiger partial charge < -0.3 is 0 Å². The molecule has 1 aromatic rings. The van der Waals surface area contributed by atoms with Gasteiger partial charge in [-0.25, -0.2) is 8.78 Å². The van der Waals surface area contributed by atoms with E-state index < -0.39 is 6.43 Å². The van der Waals surface area contributed by atoms with Crippen molar-refractivity contribution in [3.05, 3.63) is 28.0 Å². The summed E-state index contributed by atoms with van der Waals surface area (Å²) in [6.45, 7) is 0. The van der Waals surface area contributed by atoms with Crippen LogP contribution in [0.25, 0.3) is 0 Å². The fourth-order valence-corrected chi connectivity index (χ4v) is 1.39. The summed E-state index contributed by atoms with van der Waals surface area (Å²) in [6.07, 6.45) is -1.42. The lowest BCUT2D eigenvalue weighted by Gasteiger charge is -2.05. The van der Waals surface area contributed by atoms with Crippen LogP contribution in [-0.2, 0) is 6.42 Å². The van der Waals surface area contributed by atoms with Crippen LogP contribution < -0.4 is 0 Å². The lowest BCUT2D eigenvalue weighted by Crippen LogP contribution is -1.98. The van der Waals surface area contributed by atoms with Gasteiger partial charge >= 0.3 is 0 Å². The molecule has 0 atom stereocenters. The van der Waals surface area contributed by atoms with Gasteiger partial charge in [0.05, 0.1) is 12.5 Å². The van der Waals surface area contributed by atoms with Crippen molar-refractivity contribution < 1.29 is 8.78 Å². The number of aromatic nitrogens is 1. The molecule has 68 valence electrons. The molecule has 1 heterocycles. The summed E-state index contributed by atoms with van der Waals surface area (Å²) in [7, 11) is 0. The SMILES string of the molecule is N#CCc1c(Br)ccnc1C(F)F. The summed E-state index contributed by atoms with van der Waals surface area (Å²) in [5.74, 6) is 0. The maximum absolute atomic E-state index is 12.3. The van der Waals surface area contributed by atoms with E-state index in [1.807, 2.05) is 6.07 Å². The molecule has 0 fully saturated rings. The zero-order valence-electron chi connectivity index (χ0n) is 6.47. The van der Waals surface area contributed by atoms with Crippen molar-refractivity contribution in [1.29, 1.82) is 5.26 Å². The third-order valence-electron chi connectivity index (χ3n) is 1.49. The fraction of sp³-hybridized carbons (Fsp3) is 0.250. The zero-order valence-corrected chi connectivity index (χ0v) is 8.05. The van der Waals surface area contributed by atoms with Crippen molar-refractivity contribution in [2.45, 2.75) is 12.8 Å². The maximum Gasteiger partial charge on any atom is 0.280 e. The summed E-state index contributed by atoms with van der Waals surface area (Å²) < 4.78 is 25.2. The summed E-state index contributed by atoms with van der Waals surface area (Å²) in [5, 5.41) is 8.41. The molecule has 1 rings (SSSR count). The average Bonchev–Trinajstić information content (AvgIpc) is 2.08. The second-order valence-corrected chi connectivity index (χ2v) is 3.15. The van der Waals surface area contributed by atoms with E-state index in [1.165, 1.54) is 6.20 Å². The van der Waals surface area contributed by atoms with Crippen LogP contribution in [0.3, 0.4) is 0 Å². The molecule has 0 bridgehead atoms. The van der Waals surface area contributed by atoms with E-state index in [0.717, 1.165) is 0 Å². The van der Waals surface area contributed by atoms with E-state index in [4.69, 9.17) is 5.26 Å². The summed E-state index contributed by atoms with van der Waals surface area (Å²) in [6, 6.07) is 3.36. The molecule has 0 saturated heterocycles. The average molecular weight is 247 g/mol. The van der Waals surface area contributed by atoms with Crippen LogP contribution in [0.1, 0.15) is 17.7 Å². The molecule has 5 heteroatoms. The molecule has 0 aromatic carbocycles. The highest BCUT2D eigenvalue weighted by atomic mass is 79.9. The molecule has 0 aliphatic heterocycles. The van der Waals surface area contributed by atoms with Crippen LogP contribution in [-0.4, -0.2) is 4.98 Å². The second kappa shape index (κ2) is 4.28. The van der Waals surface area contributed by atoms with Crippen molar-refractivity contribution in [2.75, 3.05) is 0 Å². The lowest BCUT2D eigenvalue weighted by molar-refractivity contribution is 0.145. The molecule has 0 aliphatic rings. The van der Waals surface area contributed by atoms with Gasteiger partial charge in [0.1, 0.15) is 5.69 Å². The number of hydrogen-bond acceptors (Lipinski definition) is 2. The second-order valence-electron chi connectivity index (χ2n) is 2.29. The first-order valence-electron chi connectivity index (χ1n) is 3.45. The Hall–Kier alpha value is -1.02. The van der Waals surface area contributed by atoms with Crippen molar-refractivity contribution in [1.82, 2.24) is 4.98 Å². The van der Waals surface area contributed by atoms with Crippen molar-refractivity contribution in [3.63, 3.8) is 0 Å². The molecule has 0 radical (unpaired) electrons. The molecule has 0 unspecified atom stereocenters. The topological polar surface area (TPSA) is 36.7 Å². The Kier molecular flexibility index (Phi) is 3.32. The molecule has 0 spiro atoms. The van der Waals surface area contributed by atoms with Crippen molar-refractivity contribution in [3.8, 4) is 6.07 Å². The van der Waals surface area contributed by atoms with Crippen molar-refractivity contribution >= 4 is 15.9 Å². The minimum absolute atomic E-state index is 0.0614. The van der Waals surface area contributed by atoms with Crippen molar-refractivity contribution in [2.24, 2.45) is 0 Å². The standard InChI is InChI=1S/C8H5BrF2N2/c9-6-2-4-13-7(8(10)11)5(6)1-3-12/h2,4,8H,1H2. The number of nitrogens with zero attached hydrogens (tertiary/aromatic N) is 2. The molecular weight excluding hydrogens is 242 g/mol. The van der Waals surface area contributed by atoms with Crippen LogP contribution >= 0.6 is 15.9 Å². The Balaban J connectivity index is 3.19. The predicted molar refractivity (Wildman–Crippen MR) is 46.2 cm³/mol. The minimum atomic E-state index is -2.64. The first-order chi connectivity index (χ1) is 6.16. The molecule has 0 aliphatic carbocycles. The highest BCUT2D eigenvalue weighted by Gasteiger charge is 2.16. The molecule has 13 heavy (non-hydrogen) atoms. The first kappa shape index (κ1) is 10.1. The third kappa shape index (κ3) is 2.22. The Bertz CT molecular complexity index is 346. The minimum Gasteiger partial charge on any atom is -0.255 e. The zero-order chi connectivity index (χ0) is 9.84. The smallest absolute Gasteiger partial charge is 0.255 e. The number of halogens is 3. The Labute approximate surface area is 82.3 Å². The highest BCUT2D eigenvalue weighted by molar-refractivity contribution is 9.10. The number of alkyl halides is 2. The highest BCUT2D eigenvalue weighted by Crippen LogP contribution is 2.26. The van der Waals surface area contributed by atoms with Crippen LogP contribution in [0.2, 0.25) is 0 Å². The van der Waals surface area contributed by atoms with E-state index in [1.54, 1.807) is 6.07 Å². The maximum atomic E-state index is 12.3. The van der Waals surface area contributed by atoms with E-state index >= 15 is 0 Å². The van der Waals surface area contributed by atoms with Crippen LogP contribution in [0.5, 0.6) is 0 Å². The summed E-state index contributed by atoms with van der Waals surface area (Å²) >= 11 is 3.09. The normalized spacial score (nSPS) is 10.1. The third-order valence-corrected chi connectivity index (χ3v) is 2.24. The number of rotatable bonds is 2. The monoisotopic (exact) mass is 246 g/mol. The molecule has 1 aromatic heterocycles. The molecule has 0 saturated carbocycles. The largest absolute Gasteiger partial charge is 0.280 e. The van der Waals surface area contributed by atoms with Gasteiger partial charge in [-0.2, -0.15) is 5.26 Å². The van der Waals surface area contributed by atoms with Gasteiger partial charge in [0.2, 0.25) is 0 Å². The summed E-state index contributed by atoms with van der Waals surface area (Å²) in [4.78, 5) is 3.53. The molecule has 0 amide bonds. The molecule has 0 N–H and O–H groups in total. The fourth-order valence-electron chi connectivity index (χ4n) is 0.926. The van der Waals surface area contributed by atoms with E-state index in [9.17, 15) is 8.78 Å². The van der Waals surface area contributed by atoms with Gasteiger partial charge in [0, 0.05) is 16.2 Å². The van der Waals surface area contributed by atoms with Gasteiger partial charge in [-0.1, -0.05) is 15.9 Å². The number of pyridine rings is 1. The molecular formula is C8H5BrF2N2. The number of nitriles is 1. The van der Waals surface area contributed by atoms with Gasteiger partial charge in [-0.3, -0.25) is 4.98 Å². The Morgan fingerprint density at radius 1 is 1.62 bits per heavy atom. The summed E-state index contributed by atoms with van der Waals surface area (Å²) in [5.41, 5.74) is -0.0593.